The first-order chi connectivity index (χ1) is 8.56. The smallest absolute Gasteiger partial charge is 0.310 e. The van der Waals surface area contributed by atoms with Crippen molar-refractivity contribution in [2.45, 2.75) is 6.42 Å². The zero-order valence-electron chi connectivity index (χ0n) is 9.88. The molecule has 1 aromatic carbocycles. The van der Waals surface area contributed by atoms with Crippen LogP contribution >= 0.6 is 11.8 Å². The minimum absolute atomic E-state index is 0.210. The summed E-state index contributed by atoms with van der Waals surface area (Å²) in [4.78, 5) is 21.4. The number of hydrogen-bond acceptors (Lipinski definition) is 5. The van der Waals surface area contributed by atoms with Crippen molar-refractivity contribution in [1.29, 1.82) is 0 Å². The number of nitro groups is 1. The van der Waals surface area contributed by atoms with Crippen LogP contribution in [-0.2, 0) is 0 Å². The normalized spacial score (nSPS) is 10.1. The van der Waals surface area contributed by atoms with Gasteiger partial charge in [-0.15, -0.1) is 0 Å². The van der Waals surface area contributed by atoms with Gasteiger partial charge in [-0.05, 0) is 30.6 Å². The first-order valence-corrected chi connectivity index (χ1v) is 6.70. The summed E-state index contributed by atoms with van der Waals surface area (Å²) in [5.41, 5.74) is -0.198. The van der Waals surface area contributed by atoms with E-state index in [0.29, 0.717) is 6.54 Å². The molecule has 1 aromatic rings. The summed E-state index contributed by atoms with van der Waals surface area (Å²) >= 11 is 1.69. The number of hydrogen-bond donors (Lipinski definition) is 2. The number of nitrogens with one attached hydrogen (secondary N) is 1. The number of rotatable bonds is 6. The lowest BCUT2D eigenvalue weighted by atomic mass is 10.2. The van der Waals surface area contributed by atoms with Gasteiger partial charge < -0.3 is 10.4 Å². The standard InChI is InChI=1S/C11H14N2O4S/c1-18-6-2-5-12-11(15)8-3-4-9(13(16)17)10(14)7-8/h3-4,7,14H,2,5-6H2,1H3,(H,12,15). The Morgan fingerprint density at radius 1 is 1.56 bits per heavy atom. The van der Waals surface area contributed by atoms with E-state index in [1.807, 2.05) is 6.26 Å². The van der Waals surface area contributed by atoms with Gasteiger partial charge in [0.2, 0.25) is 0 Å². The predicted octanol–water partition coefficient (Wildman–Crippen LogP) is 1.78. The van der Waals surface area contributed by atoms with Gasteiger partial charge in [-0.1, -0.05) is 0 Å². The van der Waals surface area contributed by atoms with Gasteiger partial charge in [-0.25, -0.2) is 0 Å². The third-order valence-electron chi connectivity index (χ3n) is 2.25. The summed E-state index contributed by atoms with van der Waals surface area (Å²) in [6, 6.07) is 3.54. The van der Waals surface area contributed by atoms with Gasteiger partial charge in [0.1, 0.15) is 0 Å². The Balaban J connectivity index is 2.64. The van der Waals surface area contributed by atoms with E-state index in [-0.39, 0.29) is 11.5 Å². The van der Waals surface area contributed by atoms with Crippen LogP contribution in [0, 0.1) is 10.1 Å². The Hall–Kier alpha value is -1.76. The second kappa shape index (κ2) is 6.85. The summed E-state index contributed by atoms with van der Waals surface area (Å²) in [6.45, 7) is 0.539. The van der Waals surface area contributed by atoms with E-state index >= 15 is 0 Å². The molecule has 0 aromatic heterocycles. The molecule has 98 valence electrons. The molecule has 0 unspecified atom stereocenters. The number of amides is 1. The van der Waals surface area contributed by atoms with Crippen LogP contribution in [0.4, 0.5) is 5.69 Å². The summed E-state index contributed by atoms with van der Waals surface area (Å²) in [7, 11) is 0. The van der Waals surface area contributed by atoms with Gasteiger partial charge in [-0.3, -0.25) is 14.9 Å². The number of phenolic OH excluding ortho intramolecular Hbond substituents is 1. The Bertz CT molecular complexity index is 451. The molecule has 0 heterocycles. The first-order valence-electron chi connectivity index (χ1n) is 5.30. The average molecular weight is 270 g/mol. The fourth-order valence-electron chi connectivity index (χ4n) is 1.34. The molecule has 0 aliphatic carbocycles. The van der Waals surface area contributed by atoms with Crippen molar-refractivity contribution in [1.82, 2.24) is 5.32 Å². The van der Waals surface area contributed by atoms with Crippen molar-refractivity contribution in [2.75, 3.05) is 18.6 Å². The number of carbonyl (C=O) groups is 1. The number of aromatic hydroxyl groups is 1. The van der Waals surface area contributed by atoms with Crippen LogP contribution in [-0.4, -0.2) is 34.5 Å². The van der Waals surface area contributed by atoms with Gasteiger partial charge in [-0.2, -0.15) is 11.8 Å². The third kappa shape index (κ3) is 3.92. The van der Waals surface area contributed by atoms with Crippen LogP contribution in [0.1, 0.15) is 16.8 Å². The maximum absolute atomic E-state index is 11.6. The highest BCUT2D eigenvalue weighted by Crippen LogP contribution is 2.26. The van der Waals surface area contributed by atoms with Gasteiger partial charge in [0, 0.05) is 18.2 Å². The Morgan fingerprint density at radius 2 is 2.28 bits per heavy atom. The van der Waals surface area contributed by atoms with E-state index in [2.05, 4.69) is 5.32 Å². The number of carbonyl (C=O) groups excluding carboxylic acids is 1. The molecule has 0 fully saturated rings. The number of phenols is 1. The van der Waals surface area contributed by atoms with Crippen LogP contribution in [0.5, 0.6) is 5.75 Å². The minimum atomic E-state index is -0.699. The highest BCUT2D eigenvalue weighted by atomic mass is 32.2. The molecule has 0 atom stereocenters. The highest BCUT2D eigenvalue weighted by Gasteiger charge is 2.15. The second-order valence-electron chi connectivity index (χ2n) is 3.56. The minimum Gasteiger partial charge on any atom is -0.502 e. The molecule has 1 rings (SSSR count). The molecule has 0 saturated carbocycles. The fourth-order valence-corrected chi connectivity index (χ4v) is 1.77. The van der Waals surface area contributed by atoms with Gasteiger partial charge in [0.05, 0.1) is 4.92 Å². The number of thioether (sulfide) groups is 1. The van der Waals surface area contributed by atoms with Crippen molar-refractivity contribution >= 4 is 23.4 Å². The van der Waals surface area contributed by atoms with Crippen LogP contribution < -0.4 is 5.32 Å². The lowest BCUT2D eigenvalue weighted by Gasteiger charge is -2.05. The molecular weight excluding hydrogens is 256 g/mol. The van der Waals surface area contributed by atoms with E-state index in [1.165, 1.54) is 6.07 Å². The fraction of sp³-hybridized carbons (Fsp3) is 0.364. The Labute approximate surface area is 109 Å². The van der Waals surface area contributed by atoms with Gasteiger partial charge in [0.15, 0.2) is 5.75 Å². The maximum atomic E-state index is 11.6. The molecule has 0 spiro atoms. The molecule has 18 heavy (non-hydrogen) atoms. The molecule has 0 radical (unpaired) electrons. The van der Waals surface area contributed by atoms with E-state index in [9.17, 15) is 20.0 Å². The molecule has 0 aliphatic rings. The SMILES string of the molecule is CSCCCNC(=O)c1ccc([N+](=O)[O-])c(O)c1. The molecule has 1 amide bonds. The van der Waals surface area contributed by atoms with Crippen LogP contribution in [0.2, 0.25) is 0 Å². The van der Waals surface area contributed by atoms with Gasteiger partial charge >= 0.3 is 5.69 Å². The largest absolute Gasteiger partial charge is 0.502 e. The quantitative estimate of drug-likeness (QED) is 0.467. The molecule has 0 aliphatic heterocycles. The topological polar surface area (TPSA) is 92.5 Å². The molecule has 7 heteroatoms. The number of nitrogens with zero attached hydrogens (tertiary/aromatic N) is 1. The monoisotopic (exact) mass is 270 g/mol. The van der Waals surface area contributed by atoms with Crippen LogP contribution in [0.3, 0.4) is 0 Å². The van der Waals surface area contributed by atoms with E-state index in [1.54, 1.807) is 11.8 Å². The zero-order chi connectivity index (χ0) is 13.5. The predicted molar refractivity (Wildman–Crippen MR) is 70.1 cm³/mol. The van der Waals surface area contributed by atoms with Crippen molar-refractivity contribution in [3.63, 3.8) is 0 Å². The van der Waals surface area contributed by atoms with Crippen molar-refractivity contribution < 1.29 is 14.8 Å². The third-order valence-corrected chi connectivity index (χ3v) is 2.94. The number of benzene rings is 1. The Kier molecular flexibility index (Phi) is 5.44. The second-order valence-corrected chi connectivity index (χ2v) is 4.55. The number of nitro benzene ring substituents is 1. The molecular formula is C11H14N2O4S. The zero-order valence-corrected chi connectivity index (χ0v) is 10.7. The highest BCUT2D eigenvalue weighted by molar-refractivity contribution is 7.98. The van der Waals surface area contributed by atoms with E-state index in [4.69, 9.17) is 0 Å². The lowest BCUT2D eigenvalue weighted by molar-refractivity contribution is -0.385. The lowest BCUT2D eigenvalue weighted by Crippen LogP contribution is -2.24. The van der Waals surface area contributed by atoms with Crippen molar-refractivity contribution in [3.05, 3.63) is 33.9 Å². The summed E-state index contributed by atoms with van der Waals surface area (Å²) in [5.74, 6) is 0.101. The summed E-state index contributed by atoms with van der Waals surface area (Å²) in [5, 5.41) is 22.6. The molecule has 2 N–H and O–H groups in total. The molecule has 0 bridgehead atoms. The van der Waals surface area contributed by atoms with E-state index < -0.39 is 16.4 Å². The molecule has 0 saturated heterocycles. The summed E-state index contributed by atoms with van der Waals surface area (Å²) in [6.07, 6.45) is 2.84. The maximum Gasteiger partial charge on any atom is 0.310 e. The van der Waals surface area contributed by atoms with Gasteiger partial charge in [0.25, 0.3) is 5.91 Å². The van der Waals surface area contributed by atoms with Crippen molar-refractivity contribution in [3.8, 4) is 5.75 Å². The Morgan fingerprint density at radius 3 is 2.83 bits per heavy atom. The molecule has 6 nitrogen and oxygen atoms in total. The van der Waals surface area contributed by atoms with Crippen LogP contribution in [0.25, 0.3) is 0 Å². The summed E-state index contributed by atoms with van der Waals surface area (Å²) < 4.78 is 0. The average Bonchev–Trinajstić information content (AvgIpc) is 2.33. The van der Waals surface area contributed by atoms with Crippen LogP contribution in [0.15, 0.2) is 18.2 Å². The first kappa shape index (κ1) is 14.3. The van der Waals surface area contributed by atoms with Crippen molar-refractivity contribution in [2.24, 2.45) is 0 Å². The van der Waals surface area contributed by atoms with E-state index in [0.717, 1.165) is 24.3 Å².